The molecule has 0 amide bonds. The summed E-state index contributed by atoms with van der Waals surface area (Å²) in [5, 5.41) is 19.4. The highest BCUT2D eigenvalue weighted by Crippen LogP contribution is 2.36. The predicted molar refractivity (Wildman–Crippen MR) is 45.7 cm³/mol. The number of fused-ring (bicyclic) bond motifs is 1. The van der Waals surface area contributed by atoms with Crippen LogP contribution in [0.1, 0.15) is 18.1 Å². The Labute approximate surface area is 71.5 Å². The number of hydrogen-bond donors (Lipinski definition) is 2. The van der Waals surface area contributed by atoms with Crippen LogP contribution in [0.5, 0.6) is 0 Å². The molecule has 64 valence electrons. The Kier molecular flexibility index (Phi) is 1.50. The van der Waals surface area contributed by atoms with Gasteiger partial charge in [-0.25, -0.2) is 0 Å². The van der Waals surface area contributed by atoms with Gasteiger partial charge >= 0.3 is 0 Å². The monoisotopic (exact) mass is 164 g/mol. The first kappa shape index (κ1) is 7.77. The second kappa shape index (κ2) is 2.31. The molecule has 0 aliphatic heterocycles. The van der Waals surface area contributed by atoms with Crippen LogP contribution < -0.4 is 0 Å². The lowest BCUT2D eigenvalue weighted by Crippen LogP contribution is -2.31. The average Bonchev–Trinajstić information content (AvgIpc) is 2.25. The lowest BCUT2D eigenvalue weighted by molar-refractivity contribution is -0.0529. The summed E-state index contributed by atoms with van der Waals surface area (Å²) in [6.45, 7) is 1.66. The molecule has 0 heterocycles. The Morgan fingerprint density at radius 1 is 1.42 bits per heavy atom. The fraction of sp³-hybridized carbons (Fsp3) is 0.400. The molecule has 2 heteroatoms. The van der Waals surface area contributed by atoms with Crippen molar-refractivity contribution in [3.63, 3.8) is 0 Å². The molecule has 0 saturated heterocycles. The zero-order chi connectivity index (χ0) is 8.77. The molecule has 1 aliphatic carbocycles. The van der Waals surface area contributed by atoms with Crippen LogP contribution in [0.3, 0.4) is 0 Å². The van der Waals surface area contributed by atoms with Gasteiger partial charge in [-0.05, 0) is 18.1 Å². The van der Waals surface area contributed by atoms with E-state index in [1.165, 1.54) is 0 Å². The van der Waals surface area contributed by atoms with E-state index in [9.17, 15) is 10.2 Å². The second-order valence-electron chi connectivity index (χ2n) is 3.52. The molecule has 0 bridgehead atoms. The molecule has 0 fully saturated rings. The van der Waals surface area contributed by atoms with Crippen molar-refractivity contribution in [2.24, 2.45) is 0 Å². The van der Waals surface area contributed by atoms with Crippen LogP contribution in [0, 0.1) is 0 Å². The van der Waals surface area contributed by atoms with Gasteiger partial charge in [0.1, 0.15) is 5.60 Å². The van der Waals surface area contributed by atoms with Crippen molar-refractivity contribution in [2.75, 3.05) is 0 Å². The minimum absolute atomic E-state index is 0.559. The van der Waals surface area contributed by atoms with Crippen molar-refractivity contribution in [3.05, 3.63) is 35.4 Å². The standard InChI is InChI=1S/C10H12O2/c1-10(12)8-5-3-2-4-7(8)6-9(10)11/h2-5,9,11-12H,6H2,1H3/t9-,10+/m1/s1. The van der Waals surface area contributed by atoms with E-state index < -0.39 is 11.7 Å². The first-order valence-corrected chi connectivity index (χ1v) is 4.11. The number of hydrogen-bond acceptors (Lipinski definition) is 2. The van der Waals surface area contributed by atoms with Gasteiger partial charge in [-0.15, -0.1) is 0 Å². The van der Waals surface area contributed by atoms with E-state index >= 15 is 0 Å². The van der Waals surface area contributed by atoms with Crippen LogP contribution in [0.25, 0.3) is 0 Å². The number of benzene rings is 1. The maximum atomic E-state index is 9.87. The topological polar surface area (TPSA) is 40.5 Å². The van der Waals surface area contributed by atoms with E-state index in [0.29, 0.717) is 6.42 Å². The highest BCUT2D eigenvalue weighted by molar-refractivity contribution is 5.38. The van der Waals surface area contributed by atoms with Crippen LogP contribution in [0.15, 0.2) is 24.3 Å². The van der Waals surface area contributed by atoms with Gasteiger partial charge in [-0.2, -0.15) is 0 Å². The van der Waals surface area contributed by atoms with Gasteiger partial charge in [-0.1, -0.05) is 24.3 Å². The van der Waals surface area contributed by atoms with Gasteiger partial charge in [0.25, 0.3) is 0 Å². The highest BCUT2D eigenvalue weighted by atomic mass is 16.3. The zero-order valence-corrected chi connectivity index (χ0v) is 6.99. The van der Waals surface area contributed by atoms with Crippen molar-refractivity contribution >= 4 is 0 Å². The minimum Gasteiger partial charge on any atom is -0.389 e. The third-order valence-corrected chi connectivity index (χ3v) is 2.62. The molecule has 1 aromatic rings. The molecule has 0 radical (unpaired) electrons. The Morgan fingerprint density at radius 2 is 2.08 bits per heavy atom. The van der Waals surface area contributed by atoms with Gasteiger partial charge in [0.15, 0.2) is 0 Å². The van der Waals surface area contributed by atoms with Crippen LogP contribution in [0.4, 0.5) is 0 Å². The zero-order valence-electron chi connectivity index (χ0n) is 6.99. The van der Waals surface area contributed by atoms with Crippen molar-refractivity contribution in [3.8, 4) is 0 Å². The maximum Gasteiger partial charge on any atom is 0.113 e. The van der Waals surface area contributed by atoms with Crippen molar-refractivity contribution in [1.29, 1.82) is 0 Å². The normalized spacial score (nSPS) is 33.4. The summed E-state index contributed by atoms with van der Waals surface area (Å²) in [5.74, 6) is 0. The smallest absolute Gasteiger partial charge is 0.113 e. The molecular weight excluding hydrogens is 152 g/mol. The van der Waals surface area contributed by atoms with Crippen molar-refractivity contribution < 1.29 is 10.2 Å². The predicted octanol–water partition coefficient (Wildman–Crippen LogP) is 0.811. The molecule has 2 rings (SSSR count). The van der Waals surface area contributed by atoms with Crippen molar-refractivity contribution in [2.45, 2.75) is 25.0 Å². The molecule has 1 aliphatic rings. The average molecular weight is 164 g/mol. The minimum atomic E-state index is -1.06. The summed E-state index contributed by atoms with van der Waals surface area (Å²) in [6, 6.07) is 7.61. The fourth-order valence-electron chi connectivity index (χ4n) is 1.78. The van der Waals surface area contributed by atoms with Gasteiger partial charge in [0, 0.05) is 6.42 Å². The molecule has 0 aromatic heterocycles. The van der Waals surface area contributed by atoms with E-state index in [-0.39, 0.29) is 0 Å². The molecule has 0 spiro atoms. The third-order valence-electron chi connectivity index (χ3n) is 2.62. The van der Waals surface area contributed by atoms with Crippen LogP contribution >= 0.6 is 0 Å². The van der Waals surface area contributed by atoms with Gasteiger partial charge < -0.3 is 10.2 Å². The Morgan fingerprint density at radius 3 is 2.75 bits per heavy atom. The number of rotatable bonds is 0. The summed E-state index contributed by atoms with van der Waals surface area (Å²) < 4.78 is 0. The molecule has 2 atom stereocenters. The molecule has 0 saturated carbocycles. The first-order valence-electron chi connectivity index (χ1n) is 4.11. The molecule has 12 heavy (non-hydrogen) atoms. The van der Waals surface area contributed by atoms with E-state index in [2.05, 4.69) is 0 Å². The quantitative estimate of drug-likeness (QED) is 0.595. The summed E-state index contributed by atoms with van der Waals surface area (Å²) in [7, 11) is 0. The first-order chi connectivity index (χ1) is 5.62. The lowest BCUT2D eigenvalue weighted by atomic mass is 9.97. The maximum absolute atomic E-state index is 9.87. The van der Waals surface area contributed by atoms with Crippen LogP contribution in [0.2, 0.25) is 0 Å². The van der Waals surface area contributed by atoms with E-state index in [1.54, 1.807) is 6.92 Å². The SMILES string of the molecule is C[C@]1(O)c2ccccc2C[C@H]1O. The highest BCUT2D eigenvalue weighted by Gasteiger charge is 2.39. The Hall–Kier alpha value is -0.860. The van der Waals surface area contributed by atoms with Crippen molar-refractivity contribution in [1.82, 2.24) is 0 Å². The lowest BCUT2D eigenvalue weighted by Gasteiger charge is -2.21. The number of aliphatic hydroxyl groups excluding tert-OH is 1. The summed E-state index contributed by atoms with van der Waals surface area (Å²) in [5.41, 5.74) is 0.851. The largest absolute Gasteiger partial charge is 0.389 e. The summed E-state index contributed by atoms with van der Waals surface area (Å²) >= 11 is 0. The van der Waals surface area contributed by atoms with Crippen LogP contribution in [-0.4, -0.2) is 16.3 Å². The Balaban J connectivity index is 2.55. The third kappa shape index (κ3) is 0.886. The Bertz CT molecular complexity index is 304. The fourth-order valence-corrected chi connectivity index (χ4v) is 1.78. The van der Waals surface area contributed by atoms with E-state index in [4.69, 9.17) is 0 Å². The molecule has 2 N–H and O–H groups in total. The van der Waals surface area contributed by atoms with Gasteiger partial charge in [0.2, 0.25) is 0 Å². The molecular formula is C10H12O2. The molecule has 2 nitrogen and oxygen atoms in total. The molecule has 1 aromatic carbocycles. The van der Waals surface area contributed by atoms with E-state index in [1.807, 2.05) is 24.3 Å². The second-order valence-corrected chi connectivity index (χ2v) is 3.52. The number of aliphatic hydroxyl groups is 2. The van der Waals surface area contributed by atoms with Gasteiger partial charge in [-0.3, -0.25) is 0 Å². The molecule has 0 unspecified atom stereocenters. The van der Waals surface area contributed by atoms with Gasteiger partial charge in [0.05, 0.1) is 6.10 Å². The summed E-state index contributed by atoms with van der Waals surface area (Å²) in [6.07, 6.45) is -0.0988. The van der Waals surface area contributed by atoms with E-state index in [0.717, 1.165) is 11.1 Å². The van der Waals surface area contributed by atoms with Crippen LogP contribution in [-0.2, 0) is 12.0 Å². The summed E-state index contributed by atoms with van der Waals surface area (Å²) in [4.78, 5) is 0.